The van der Waals surface area contributed by atoms with Crippen molar-refractivity contribution in [3.8, 4) is 22.3 Å². The lowest BCUT2D eigenvalue weighted by atomic mass is 9.95. The van der Waals surface area contributed by atoms with Gasteiger partial charge in [0.2, 0.25) is 0 Å². The number of aromatic nitrogens is 3. The maximum Gasteiger partial charge on any atom is 0.280 e. The molecule has 0 aliphatic heterocycles. The lowest BCUT2D eigenvalue weighted by molar-refractivity contribution is 0.146. The van der Waals surface area contributed by atoms with E-state index in [1.165, 1.54) is 13.0 Å². The number of hydrogen-bond acceptors (Lipinski definition) is 3. The van der Waals surface area contributed by atoms with Crippen molar-refractivity contribution in [2.45, 2.75) is 13.3 Å². The van der Waals surface area contributed by atoms with E-state index in [0.717, 1.165) is 12.3 Å². The molecule has 0 aliphatic carbocycles. The Morgan fingerprint density at radius 3 is 2.12 bits per heavy atom. The Labute approximate surface area is 149 Å². The van der Waals surface area contributed by atoms with E-state index >= 15 is 0 Å². The van der Waals surface area contributed by atoms with E-state index in [4.69, 9.17) is 11.6 Å². The largest absolute Gasteiger partial charge is 0.280 e. The lowest BCUT2D eigenvalue weighted by Gasteiger charge is -2.15. The molecule has 0 amide bonds. The molecule has 0 fully saturated rings. The predicted octanol–water partition coefficient (Wildman–Crippen LogP) is 5.52. The number of alkyl halides is 2. The van der Waals surface area contributed by atoms with Gasteiger partial charge in [-0.2, -0.15) is 5.10 Å². The normalized spacial score (nSPS) is 11.2. The Morgan fingerprint density at radius 1 is 0.923 bits per heavy atom. The van der Waals surface area contributed by atoms with Crippen molar-refractivity contribution in [3.63, 3.8) is 0 Å². The van der Waals surface area contributed by atoms with E-state index in [1.807, 2.05) is 0 Å². The zero-order valence-corrected chi connectivity index (χ0v) is 13.8. The maximum absolute atomic E-state index is 14.3. The minimum absolute atomic E-state index is 0.155. The van der Waals surface area contributed by atoms with Crippen LogP contribution in [0.2, 0.25) is 5.15 Å². The lowest BCUT2D eigenvalue weighted by Crippen LogP contribution is -2.02. The number of hydrogen-bond donors (Lipinski definition) is 0. The number of pyridine rings is 1. The molecule has 1 aromatic carbocycles. The highest BCUT2D eigenvalue weighted by atomic mass is 35.5. The quantitative estimate of drug-likeness (QED) is 0.557. The number of rotatable bonds is 3. The molecule has 3 nitrogen and oxygen atoms in total. The highest BCUT2D eigenvalue weighted by Crippen LogP contribution is 2.40. The van der Waals surface area contributed by atoms with Crippen molar-refractivity contribution in [2.75, 3.05) is 0 Å². The molecular formula is C17H9ClF5N3. The van der Waals surface area contributed by atoms with Crippen LogP contribution in [0.25, 0.3) is 22.3 Å². The van der Waals surface area contributed by atoms with Crippen LogP contribution >= 0.6 is 11.6 Å². The fourth-order valence-corrected chi connectivity index (χ4v) is 2.77. The van der Waals surface area contributed by atoms with E-state index in [2.05, 4.69) is 15.2 Å². The van der Waals surface area contributed by atoms with Gasteiger partial charge in [-0.1, -0.05) is 17.7 Å². The molecule has 3 rings (SSSR count). The molecular weight excluding hydrogens is 377 g/mol. The van der Waals surface area contributed by atoms with Crippen molar-refractivity contribution in [1.29, 1.82) is 0 Å². The minimum Gasteiger partial charge on any atom is -0.255 e. The Bertz CT molecular complexity index is 954. The van der Waals surface area contributed by atoms with Gasteiger partial charge in [0.05, 0.1) is 11.3 Å². The fourth-order valence-electron chi connectivity index (χ4n) is 2.55. The second-order valence-electron chi connectivity index (χ2n) is 5.34. The van der Waals surface area contributed by atoms with Gasteiger partial charge in [-0.25, -0.2) is 22.0 Å². The first-order valence-electron chi connectivity index (χ1n) is 7.21. The van der Waals surface area contributed by atoms with Crippen LogP contribution in [0.15, 0.2) is 30.5 Å². The fraction of sp³-hybridized carbons (Fsp3) is 0.118. The third kappa shape index (κ3) is 3.24. The molecule has 134 valence electrons. The van der Waals surface area contributed by atoms with Gasteiger partial charge >= 0.3 is 0 Å². The first kappa shape index (κ1) is 18.2. The Hall–Kier alpha value is -2.61. The van der Waals surface area contributed by atoms with Crippen LogP contribution in [0.1, 0.15) is 17.8 Å². The molecule has 0 radical (unpaired) electrons. The zero-order chi connectivity index (χ0) is 19.0. The molecule has 0 N–H and O–H groups in total. The summed E-state index contributed by atoms with van der Waals surface area (Å²) in [6.07, 6.45) is -1.65. The minimum atomic E-state index is -2.77. The summed E-state index contributed by atoms with van der Waals surface area (Å²) in [6, 6.07) is 3.39. The van der Waals surface area contributed by atoms with Crippen molar-refractivity contribution >= 4 is 11.6 Å². The van der Waals surface area contributed by atoms with Crippen LogP contribution in [0, 0.1) is 24.4 Å². The van der Waals surface area contributed by atoms with Crippen LogP contribution in [0.4, 0.5) is 22.0 Å². The zero-order valence-electron chi connectivity index (χ0n) is 13.1. The third-order valence-electron chi connectivity index (χ3n) is 3.66. The van der Waals surface area contributed by atoms with Gasteiger partial charge in [0.25, 0.3) is 6.43 Å². The molecule has 0 spiro atoms. The van der Waals surface area contributed by atoms with Gasteiger partial charge in [0, 0.05) is 35.0 Å². The van der Waals surface area contributed by atoms with Gasteiger partial charge in [0.1, 0.15) is 23.1 Å². The Kier molecular flexibility index (Phi) is 4.86. The van der Waals surface area contributed by atoms with Gasteiger partial charge in [0.15, 0.2) is 5.15 Å². The molecule has 0 saturated heterocycles. The standard InChI is InChI=1S/C17H9ClF5N3/c1-7-13(8-2-3-12(17(22)23)24-6-8)15(16(18)26-25-7)14-10(20)4-9(19)5-11(14)21/h2-6,17H,1H3. The maximum atomic E-state index is 14.3. The molecule has 0 saturated carbocycles. The number of nitrogens with zero attached hydrogens (tertiary/aromatic N) is 3. The number of halogens is 6. The van der Waals surface area contributed by atoms with Crippen molar-refractivity contribution in [3.05, 3.63) is 64.5 Å². The summed E-state index contributed by atoms with van der Waals surface area (Å²) in [4.78, 5) is 3.63. The van der Waals surface area contributed by atoms with E-state index in [1.54, 1.807) is 0 Å². The molecule has 3 aromatic rings. The molecule has 0 unspecified atom stereocenters. The van der Waals surface area contributed by atoms with Crippen molar-refractivity contribution < 1.29 is 22.0 Å². The SMILES string of the molecule is Cc1nnc(Cl)c(-c2c(F)cc(F)cc2F)c1-c1ccc(C(F)F)nc1. The van der Waals surface area contributed by atoms with Crippen LogP contribution in [0.3, 0.4) is 0 Å². The predicted molar refractivity (Wildman–Crippen MR) is 85.3 cm³/mol. The molecule has 0 atom stereocenters. The van der Waals surface area contributed by atoms with Crippen LogP contribution in [-0.2, 0) is 0 Å². The summed E-state index contributed by atoms with van der Waals surface area (Å²) >= 11 is 6.01. The summed E-state index contributed by atoms with van der Waals surface area (Å²) in [7, 11) is 0. The molecule has 2 aromatic heterocycles. The second kappa shape index (κ2) is 6.95. The Morgan fingerprint density at radius 2 is 1.58 bits per heavy atom. The van der Waals surface area contributed by atoms with Crippen molar-refractivity contribution in [1.82, 2.24) is 15.2 Å². The summed E-state index contributed by atoms with van der Waals surface area (Å²) in [5.41, 5.74) is -0.577. The molecule has 2 heterocycles. The van der Waals surface area contributed by atoms with Gasteiger partial charge in [-0.15, -0.1) is 5.10 Å². The monoisotopic (exact) mass is 385 g/mol. The number of benzene rings is 1. The molecule has 0 aliphatic rings. The topological polar surface area (TPSA) is 38.7 Å². The highest BCUT2D eigenvalue weighted by molar-refractivity contribution is 6.32. The summed E-state index contributed by atoms with van der Waals surface area (Å²) in [5.74, 6) is -3.46. The first-order valence-corrected chi connectivity index (χ1v) is 7.59. The molecule has 26 heavy (non-hydrogen) atoms. The van der Waals surface area contributed by atoms with E-state index in [-0.39, 0.29) is 27.5 Å². The van der Waals surface area contributed by atoms with Crippen molar-refractivity contribution in [2.24, 2.45) is 0 Å². The number of aryl methyl sites for hydroxylation is 1. The Balaban J connectivity index is 2.30. The average Bonchev–Trinajstić information content (AvgIpc) is 2.57. The smallest absolute Gasteiger partial charge is 0.255 e. The van der Waals surface area contributed by atoms with Gasteiger partial charge < -0.3 is 0 Å². The summed E-state index contributed by atoms with van der Waals surface area (Å²) < 4.78 is 67.2. The molecule has 9 heteroatoms. The summed E-state index contributed by atoms with van der Waals surface area (Å²) in [6.45, 7) is 1.50. The van der Waals surface area contributed by atoms with Crippen LogP contribution in [0.5, 0.6) is 0 Å². The van der Waals surface area contributed by atoms with E-state index in [0.29, 0.717) is 12.1 Å². The first-order chi connectivity index (χ1) is 12.3. The third-order valence-corrected chi connectivity index (χ3v) is 3.93. The molecule has 0 bridgehead atoms. The summed E-state index contributed by atoms with van der Waals surface area (Å²) in [5, 5.41) is 7.11. The average molecular weight is 386 g/mol. The van der Waals surface area contributed by atoms with E-state index in [9.17, 15) is 22.0 Å². The van der Waals surface area contributed by atoms with Gasteiger partial charge in [-0.3, -0.25) is 4.98 Å². The van der Waals surface area contributed by atoms with E-state index < -0.39 is 35.1 Å². The van der Waals surface area contributed by atoms with Gasteiger partial charge in [-0.05, 0) is 13.0 Å². The van der Waals surface area contributed by atoms with Crippen LogP contribution < -0.4 is 0 Å². The van der Waals surface area contributed by atoms with Crippen LogP contribution in [-0.4, -0.2) is 15.2 Å². The highest BCUT2D eigenvalue weighted by Gasteiger charge is 2.24. The second-order valence-corrected chi connectivity index (χ2v) is 5.70.